The van der Waals surface area contributed by atoms with Gasteiger partial charge in [-0.05, 0) is 36.1 Å². The molecule has 0 spiro atoms. The molecule has 10 nitrogen and oxygen atoms in total. The molecule has 1 unspecified atom stereocenters. The van der Waals surface area contributed by atoms with Crippen molar-refractivity contribution in [2.75, 3.05) is 32.8 Å². The number of aromatic nitrogens is 2. The van der Waals surface area contributed by atoms with E-state index in [2.05, 4.69) is 10.3 Å². The molecule has 1 N–H and O–H groups in total. The molecule has 2 aliphatic rings. The number of nitrogens with zero attached hydrogens (tertiary/aromatic N) is 4. The molecule has 4 rings (SSSR count). The van der Waals surface area contributed by atoms with Crippen LogP contribution in [0.25, 0.3) is 0 Å². The number of hydrogen-bond acceptors (Lipinski definition) is 7. The van der Waals surface area contributed by atoms with Crippen molar-refractivity contribution in [3.05, 3.63) is 46.1 Å². The molecule has 28 heavy (non-hydrogen) atoms. The zero-order valence-corrected chi connectivity index (χ0v) is 15.5. The van der Waals surface area contributed by atoms with E-state index < -0.39 is 10.5 Å². The molecule has 1 amide bonds. The van der Waals surface area contributed by atoms with Gasteiger partial charge in [0.15, 0.2) is 5.60 Å². The first kappa shape index (κ1) is 18.2. The maximum Gasteiger partial charge on any atom is 0.415 e. The number of piperazine rings is 1. The first-order valence-corrected chi connectivity index (χ1v) is 9.07. The summed E-state index contributed by atoms with van der Waals surface area (Å²) in [6.45, 7) is 5.55. The second-order valence-electron chi connectivity index (χ2n) is 7.17. The number of imidazole rings is 1. The highest BCUT2D eigenvalue weighted by molar-refractivity contribution is 5.94. The summed E-state index contributed by atoms with van der Waals surface area (Å²) in [5.41, 5.74) is -0.0442. The zero-order chi connectivity index (χ0) is 19.7. The lowest BCUT2D eigenvalue weighted by Crippen LogP contribution is -2.46. The van der Waals surface area contributed by atoms with Crippen LogP contribution in [0.2, 0.25) is 0 Å². The molecule has 0 bridgehead atoms. The topological polar surface area (TPSA) is 112 Å². The summed E-state index contributed by atoms with van der Waals surface area (Å²) in [6.07, 6.45) is 1.36. The van der Waals surface area contributed by atoms with Crippen LogP contribution in [0.1, 0.15) is 17.3 Å². The molecule has 1 saturated heterocycles. The third-order valence-electron chi connectivity index (χ3n) is 4.81. The predicted molar refractivity (Wildman–Crippen MR) is 98.6 cm³/mol. The van der Waals surface area contributed by atoms with Gasteiger partial charge < -0.3 is 29.8 Å². The maximum absolute atomic E-state index is 12.5. The Bertz CT molecular complexity index is 865. The lowest BCUT2D eigenvalue weighted by molar-refractivity contribution is -0.389. The molecule has 0 saturated carbocycles. The minimum Gasteiger partial charge on any atom is -0.489 e. The number of ether oxygens (including phenoxy) is 2. The third-order valence-corrected chi connectivity index (χ3v) is 4.81. The van der Waals surface area contributed by atoms with Crippen LogP contribution in [0, 0.1) is 10.1 Å². The van der Waals surface area contributed by atoms with Gasteiger partial charge in [-0.2, -0.15) is 0 Å². The molecule has 1 aromatic carbocycles. The van der Waals surface area contributed by atoms with Crippen molar-refractivity contribution in [2.24, 2.45) is 0 Å². The fraction of sp³-hybridized carbons (Fsp3) is 0.444. The Morgan fingerprint density at radius 2 is 2.07 bits per heavy atom. The fourth-order valence-corrected chi connectivity index (χ4v) is 3.34. The number of carbonyl (C=O) groups excluding carboxylic acids is 1. The number of rotatable bonds is 5. The quantitative estimate of drug-likeness (QED) is 0.603. The fourth-order valence-electron chi connectivity index (χ4n) is 3.34. The maximum atomic E-state index is 12.5. The molecule has 1 aromatic heterocycles. The molecule has 2 aliphatic heterocycles. The predicted octanol–water partition coefficient (Wildman–Crippen LogP) is 1.07. The summed E-state index contributed by atoms with van der Waals surface area (Å²) in [7, 11) is 0. The summed E-state index contributed by atoms with van der Waals surface area (Å²) >= 11 is 0. The summed E-state index contributed by atoms with van der Waals surface area (Å²) in [6, 6.07) is 7.25. The molecule has 1 fully saturated rings. The second kappa shape index (κ2) is 7.12. The van der Waals surface area contributed by atoms with Crippen molar-refractivity contribution in [2.45, 2.75) is 19.1 Å². The monoisotopic (exact) mass is 387 g/mol. The second-order valence-corrected chi connectivity index (χ2v) is 7.17. The van der Waals surface area contributed by atoms with E-state index >= 15 is 0 Å². The Morgan fingerprint density at radius 3 is 2.71 bits per heavy atom. The molecule has 1 atom stereocenters. The minimum atomic E-state index is -0.674. The molecule has 10 heteroatoms. The molecule has 0 radical (unpaired) electrons. The first-order chi connectivity index (χ1) is 13.4. The Morgan fingerprint density at radius 1 is 1.36 bits per heavy atom. The Hall–Kier alpha value is -3.14. The van der Waals surface area contributed by atoms with E-state index in [1.54, 1.807) is 28.8 Å². The van der Waals surface area contributed by atoms with E-state index in [1.807, 2.05) is 11.8 Å². The van der Waals surface area contributed by atoms with Crippen LogP contribution in [-0.4, -0.2) is 63.7 Å². The van der Waals surface area contributed by atoms with Crippen LogP contribution < -0.4 is 14.8 Å². The van der Waals surface area contributed by atoms with E-state index in [0.717, 1.165) is 13.1 Å². The standard InChI is InChI=1S/C18H21N5O5/c1-18(11-22-10-15(23(25)26)20-17(22)28-18)12-27-14-4-2-13(3-5-14)16(24)21-8-6-19-7-9-21/h2-5,10,19H,6-9,11-12H2,1H3. The van der Waals surface area contributed by atoms with Gasteiger partial charge in [0, 0.05) is 36.7 Å². The number of fused-ring (bicyclic) bond motifs is 1. The summed E-state index contributed by atoms with van der Waals surface area (Å²) in [5, 5.41) is 14.0. The number of nitrogens with one attached hydrogen (secondary N) is 1. The SMILES string of the molecule is CC1(COc2ccc(C(=O)N3CCNCC3)cc2)Cn2cc([N+](=O)[O-])nc2O1. The van der Waals surface area contributed by atoms with E-state index in [9.17, 15) is 14.9 Å². The zero-order valence-electron chi connectivity index (χ0n) is 15.5. The van der Waals surface area contributed by atoms with Crippen LogP contribution in [0.5, 0.6) is 11.8 Å². The third kappa shape index (κ3) is 3.63. The number of nitro groups is 1. The van der Waals surface area contributed by atoms with Crippen molar-refractivity contribution >= 4 is 11.7 Å². The number of amides is 1. The van der Waals surface area contributed by atoms with Gasteiger partial charge in [0.2, 0.25) is 0 Å². The van der Waals surface area contributed by atoms with Crippen LogP contribution in [0.3, 0.4) is 0 Å². The first-order valence-electron chi connectivity index (χ1n) is 9.07. The average molecular weight is 387 g/mol. The van der Waals surface area contributed by atoms with Gasteiger partial charge in [-0.1, -0.05) is 0 Å². The lowest BCUT2D eigenvalue weighted by atomic mass is 10.1. The van der Waals surface area contributed by atoms with Gasteiger partial charge >= 0.3 is 11.8 Å². The highest BCUT2D eigenvalue weighted by atomic mass is 16.6. The van der Waals surface area contributed by atoms with Crippen LogP contribution in [-0.2, 0) is 6.54 Å². The van der Waals surface area contributed by atoms with Crippen LogP contribution in [0.15, 0.2) is 30.5 Å². The summed E-state index contributed by atoms with van der Waals surface area (Å²) < 4.78 is 13.2. The van der Waals surface area contributed by atoms with Gasteiger partial charge in [-0.25, -0.2) is 0 Å². The van der Waals surface area contributed by atoms with Crippen molar-refractivity contribution < 1.29 is 19.2 Å². The van der Waals surface area contributed by atoms with Crippen LogP contribution in [0.4, 0.5) is 5.82 Å². The van der Waals surface area contributed by atoms with Gasteiger partial charge in [0.05, 0.1) is 6.54 Å². The molecule has 2 aromatic rings. The molecule has 148 valence electrons. The lowest BCUT2D eigenvalue weighted by Gasteiger charge is -2.27. The Balaban J connectivity index is 1.34. The molecule has 3 heterocycles. The Kier molecular flexibility index (Phi) is 4.63. The smallest absolute Gasteiger partial charge is 0.415 e. The Labute approximate surface area is 161 Å². The van der Waals surface area contributed by atoms with Gasteiger partial charge in [-0.15, -0.1) is 0 Å². The molecule has 0 aliphatic carbocycles. The van der Waals surface area contributed by atoms with Gasteiger partial charge in [0.25, 0.3) is 5.91 Å². The van der Waals surface area contributed by atoms with E-state index in [0.29, 0.717) is 30.9 Å². The van der Waals surface area contributed by atoms with Gasteiger partial charge in [-0.3, -0.25) is 9.36 Å². The molecular formula is C18H21N5O5. The summed E-state index contributed by atoms with van der Waals surface area (Å²) in [4.78, 5) is 28.4. The summed E-state index contributed by atoms with van der Waals surface area (Å²) in [5.74, 6) is 0.408. The van der Waals surface area contributed by atoms with E-state index in [4.69, 9.17) is 9.47 Å². The van der Waals surface area contributed by atoms with Crippen LogP contribution >= 0.6 is 0 Å². The molecular weight excluding hydrogens is 366 g/mol. The number of hydrogen-bond donors (Lipinski definition) is 1. The average Bonchev–Trinajstić information content (AvgIpc) is 3.22. The van der Waals surface area contributed by atoms with E-state index in [-0.39, 0.29) is 24.3 Å². The number of benzene rings is 1. The minimum absolute atomic E-state index is 0.0196. The van der Waals surface area contributed by atoms with Crippen molar-refractivity contribution in [3.63, 3.8) is 0 Å². The highest BCUT2D eigenvalue weighted by Crippen LogP contribution is 2.31. The van der Waals surface area contributed by atoms with Crippen molar-refractivity contribution in [3.8, 4) is 11.8 Å². The van der Waals surface area contributed by atoms with Crippen molar-refractivity contribution in [1.82, 2.24) is 19.8 Å². The van der Waals surface area contributed by atoms with E-state index in [1.165, 1.54) is 6.20 Å². The number of carbonyl (C=O) groups is 1. The highest BCUT2D eigenvalue weighted by Gasteiger charge is 2.41. The largest absolute Gasteiger partial charge is 0.489 e. The normalized spacial score (nSPS) is 21.1. The van der Waals surface area contributed by atoms with Crippen molar-refractivity contribution in [1.29, 1.82) is 0 Å². The van der Waals surface area contributed by atoms with Gasteiger partial charge in [0.1, 0.15) is 18.6 Å².